The van der Waals surface area contributed by atoms with Gasteiger partial charge in [0.15, 0.2) is 0 Å². The van der Waals surface area contributed by atoms with Crippen molar-refractivity contribution in [3.8, 4) is 0 Å². The molecule has 596 valence electrons. The lowest BCUT2D eigenvalue weighted by Crippen LogP contribution is -2.64. The first-order valence-corrected chi connectivity index (χ1v) is 37.8. The van der Waals surface area contributed by atoms with E-state index in [0.29, 0.717) is 37.2 Å². The fourth-order valence-corrected chi connectivity index (χ4v) is 12.2. The van der Waals surface area contributed by atoms with Crippen LogP contribution in [0.25, 0.3) is 0 Å². The molecule has 0 radical (unpaired) electrons. The van der Waals surface area contributed by atoms with Gasteiger partial charge in [0.2, 0.25) is 70.9 Å². The van der Waals surface area contributed by atoms with Crippen LogP contribution in [0.2, 0.25) is 0 Å². The SMILES string of the molecule is C/C=C1\NC(=O)[C@H](Cc2ccccc2)NC(=O)[C@@H](C(C)C)NC(=O)[C@@H]([C@@H](C)CC)NC(=O)[C@H](NC(=O)[C@H](NC(=O)[C@H](CCCN)NC(=O)[C@H]2CCCN2C(=O)[C@H](NC(=O)[C@@H](NC(=O)[C@@H](NC(=O)[C@@H](CCCN)NC(=O)CCCC(C)C)[C@@H](C)O)C(C)C)C(C)C)[C@@H](C)CC)[C@@H](C)OC(=O)[C@H](C(C)C)NC1=O. The van der Waals surface area contributed by atoms with Gasteiger partial charge in [0.1, 0.15) is 84.3 Å². The number of aliphatic hydroxyl groups excluding tert-OH is 1. The van der Waals surface area contributed by atoms with Crippen molar-refractivity contribution in [2.24, 2.45) is 52.9 Å². The maximum absolute atomic E-state index is 15.0. The number of likely N-dealkylation sites (tertiary alicyclic amines) is 1. The van der Waals surface area contributed by atoms with E-state index in [2.05, 4.69) is 63.8 Å². The van der Waals surface area contributed by atoms with Gasteiger partial charge in [-0.3, -0.25) is 62.3 Å². The van der Waals surface area contributed by atoms with Crippen molar-refractivity contribution in [2.45, 2.75) is 279 Å². The Kier molecular flexibility index (Phi) is 39.0. The Hall–Kier alpha value is -8.58. The zero-order chi connectivity index (χ0) is 80.0. The Balaban J connectivity index is 2.00. The number of aliphatic hydroxyl groups is 1. The molecule has 31 heteroatoms. The lowest BCUT2D eigenvalue weighted by atomic mass is 9.95. The van der Waals surface area contributed by atoms with Crippen LogP contribution in [0.3, 0.4) is 0 Å². The maximum Gasteiger partial charge on any atom is 0.329 e. The van der Waals surface area contributed by atoms with E-state index >= 15 is 9.59 Å². The number of allylic oxidation sites excluding steroid dienone is 1. The number of esters is 1. The number of rotatable bonds is 35. The van der Waals surface area contributed by atoms with Gasteiger partial charge < -0.3 is 90.0 Å². The molecule has 2 saturated heterocycles. The first-order valence-electron chi connectivity index (χ1n) is 37.8. The number of hydrogen-bond donors (Lipinski definition) is 15. The molecule has 17 N–H and O–H groups in total. The number of nitrogens with zero attached hydrogens (tertiary/aromatic N) is 1. The molecule has 2 heterocycles. The molecule has 1 aromatic rings. The van der Waals surface area contributed by atoms with Crippen LogP contribution in [0.4, 0.5) is 0 Å². The largest absolute Gasteiger partial charge is 0.458 e. The van der Waals surface area contributed by atoms with Gasteiger partial charge in [0.25, 0.3) is 5.91 Å². The van der Waals surface area contributed by atoms with Crippen LogP contribution in [0, 0.1) is 41.4 Å². The second kappa shape index (κ2) is 45.2. The van der Waals surface area contributed by atoms with Gasteiger partial charge in [-0.2, -0.15) is 0 Å². The summed E-state index contributed by atoms with van der Waals surface area (Å²) in [5.74, 6) is -14.8. The molecule has 0 aliphatic carbocycles. The molecule has 1 aromatic carbocycles. The molecule has 31 nitrogen and oxygen atoms in total. The number of carbonyl (C=O) groups excluding carboxylic acids is 14. The third kappa shape index (κ3) is 28.3. The third-order valence-electron chi connectivity index (χ3n) is 19.3. The van der Waals surface area contributed by atoms with Crippen molar-refractivity contribution in [3.63, 3.8) is 0 Å². The van der Waals surface area contributed by atoms with Crippen LogP contribution < -0.4 is 75.3 Å². The lowest BCUT2D eigenvalue weighted by molar-refractivity contribution is -0.157. The number of carbonyl (C=O) groups is 14. The van der Waals surface area contributed by atoms with Crippen LogP contribution in [0.15, 0.2) is 42.1 Å². The third-order valence-corrected chi connectivity index (χ3v) is 19.3. The summed E-state index contributed by atoms with van der Waals surface area (Å²) in [6, 6.07) is -7.76. The predicted molar refractivity (Wildman–Crippen MR) is 399 cm³/mol. The Morgan fingerprint density at radius 3 is 1.67 bits per heavy atom. The summed E-state index contributed by atoms with van der Waals surface area (Å²) in [5.41, 5.74) is 12.1. The fourth-order valence-electron chi connectivity index (χ4n) is 12.2. The van der Waals surface area contributed by atoms with E-state index in [1.54, 1.807) is 113 Å². The average Bonchev–Trinajstić information content (AvgIpc) is 1.57. The summed E-state index contributed by atoms with van der Waals surface area (Å²) in [6.45, 7) is 28.5. The Morgan fingerprint density at radius 1 is 0.604 bits per heavy atom. The molecule has 0 saturated carbocycles. The van der Waals surface area contributed by atoms with Gasteiger partial charge in [-0.25, -0.2) is 4.79 Å². The van der Waals surface area contributed by atoms with Gasteiger partial charge in [0.05, 0.1) is 6.10 Å². The molecule has 106 heavy (non-hydrogen) atoms. The number of cyclic esters (lactones) is 1. The van der Waals surface area contributed by atoms with Gasteiger partial charge in [-0.05, 0) is 126 Å². The summed E-state index contributed by atoms with van der Waals surface area (Å²) in [5, 5.41) is 43.1. The summed E-state index contributed by atoms with van der Waals surface area (Å²) < 4.78 is 5.96. The van der Waals surface area contributed by atoms with Crippen molar-refractivity contribution in [2.75, 3.05) is 19.6 Å². The molecular formula is C75H125N15O16. The molecule has 0 bridgehead atoms. The van der Waals surface area contributed by atoms with Crippen LogP contribution in [-0.2, 0) is 78.3 Å². The summed E-state index contributed by atoms with van der Waals surface area (Å²) >= 11 is 0. The van der Waals surface area contributed by atoms with E-state index < -0.39 is 197 Å². The number of amides is 13. The van der Waals surface area contributed by atoms with Gasteiger partial charge in [-0.15, -0.1) is 0 Å². The predicted octanol–water partition coefficient (Wildman–Crippen LogP) is 0.919. The maximum atomic E-state index is 15.0. The van der Waals surface area contributed by atoms with Crippen molar-refractivity contribution in [3.05, 3.63) is 47.7 Å². The van der Waals surface area contributed by atoms with E-state index in [9.17, 15) is 62.6 Å². The lowest BCUT2D eigenvalue weighted by Gasteiger charge is -2.33. The highest BCUT2D eigenvalue weighted by Crippen LogP contribution is 2.23. The van der Waals surface area contributed by atoms with E-state index in [4.69, 9.17) is 16.2 Å². The summed E-state index contributed by atoms with van der Waals surface area (Å²) in [7, 11) is 0. The first-order chi connectivity index (χ1) is 49.9. The average molecular weight is 1490 g/mol. The van der Waals surface area contributed by atoms with Gasteiger partial charge in [0, 0.05) is 19.4 Å². The van der Waals surface area contributed by atoms with E-state index in [-0.39, 0.29) is 76.2 Å². The normalized spacial score (nSPS) is 22.4. The zero-order valence-electron chi connectivity index (χ0n) is 65.4. The highest BCUT2D eigenvalue weighted by molar-refractivity contribution is 6.03. The minimum Gasteiger partial charge on any atom is -0.458 e. The fraction of sp³-hybridized carbons (Fsp3) is 0.707. The molecule has 16 atom stereocenters. The number of nitrogens with one attached hydrogen (secondary N) is 12. The van der Waals surface area contributed by atoms with E-state index in [1.165, 1.54) is 31.7 Å². The van der Waals surface area contributed by atoms with Gasteiger partial charge in [-0.1, -0.05) is 153 Å². The number of nitrogens with two attached hydrogens (primary N) is 2. The molecule has 2 aliphatic rings. The standard InChI is InChI=1S/C75H125N15O16/c1-18-44(14)59(71(101)89-62-47(17)106-75(105)58(43(12)13)85-63(93)49(20-3)79-66(96)52(38-48-29-22-21-23-30-48)81-68(98)55(40(6)7)82-70(100)60(45(15)19-2)87-73(62)103)86-65(95)51(32-26-36-77)80-67(97)53-33-27-37-90(53)74(104)57(42(10)11)84-69(99)56(41(8)9)83-72(102)61(46(16)91)88-64(94)50(31-25-35-76)78-54(92)34-24-28-39(4)5/h20-23,29-30,39-47,50-53,55-62,91H,18-19,24-28,31-38,76-77H2,1-17H3,(H,78,92)(H,79,96)(H,80,97)(H,81,98)(H,82,100)(H,83,102)(H,84,99)(H,85,93)(H,86,95)(H,87,103)(H,88,94)(H,89,101)/b49-20-/t44-,45-,46+,47+,50+,51-,52-,53+,55+,56-,57+,58-,59+,60+,61-,62+/m0/s1. The van der Waals surface area contributed by atoms with Crippen LogP contribution in [0.5, 0.6) is 0 Å². The van der Waals surface area contributed by atoms with E-state index in [1.807, 2.05) is 13.8 Å². The Labute approximate surface area is 625 Å². The van der Waals surface area contributed by atoms with Crippen molar-refractivity contribution in [1.82, 2.24) is 68.7 Å². The second-order valence-electron chi connectivity index (χ2n) is 29.9. The van der Waals surface area contributed by atoms with E-state index in [0.717, 1.165) is 6.42 Å². The van der Waals surface area contributed by atoms with Crippen molar-refractivity contribution in [1.29, 1.82) is 0 Å². The quantitative estimate of drug-likeness (QED) is 0.0332. The van der Waals surface area contributed by atoms with Crippen LogP contribution in [0.1, 0.15) is 194 Å². The van der Waals surface area contributed by atoms with Crippen molar-refractivity contribution >= 4 is 82.8 Å². The van der Waals surface area contributed by atoms with Gasteiger partial charge >= 0.3 is 5.97 Å². The number of benzene rings is 1. The molecule has 0 aromatic heterocycles. The zero-order valence-corrected chi connectivity index (χ0v) is 65.4. The first kappa shape index (κ1) is 91.6. The summed E-state index contributed by atoms with van der Waals surface area (Å²) in [4.78, 5) is 202. The summed E-state index contributed by atoms with van der Waals surface area (Å²) in [6.07, 6.45) is 1.44. The minimum absolute atomic E-state index is 0.0367. The molecule has 3 rings (SSSR count). The smallest absolute Gasteiger partial charge is 0.329 e. The molecule has 0 unspecified atom stereocenters. The molecule has 13 amide bonds. The highest BCUT2D eigenvalue weighted by Gasteiger charge is 2.44. The molecule has 2 fully saturated rings. The monoisotopic (exact) mass is 1490 g/mol. The second-order valence-corrected chi connectivity index (χ2v) is 29.9. The highest BCUT2D eigenvalue weighted by atomic mass is 16.5. The Bertz CT molecular complexity index is 3160. The topological polar surface area (TPSA) is 468 Å². The number of hydrogen-bond acceptors (Lipinski definition) is 18. The molecule has 0 spiro atoms. The molecule has 2 aliphatic heterocycles. The van der Waals surface area contributed by atoms with Crippen molar-refractivity contribution < 1.29 is 77.0 Å². The Morgan fingerprint density at radius 2 is 1.14 bits per heavy atom. The molecular weight excluding hydrogens is 1370 g/mol. The number of ether oxygens (including phenoxy) is 1. The minimum atomic E-state index is -1.83. The van der Waals surface area contributed by atoms with Crippen LogP contribution in [-0.4, -0.2) is 197 Å². The van der Waals surface area contributed by atoms with Crippen LogP contribution >= 0.6 is 0 Å².